The van der Waals surface area contributed by atoms with E-state index in [0.717, 1.165) is 59.5 Å². The Hall–Kier alpha value is -2.81. The second-order valence-electron chi connectivity index (χ2n) is 9.97. The molecule has 1 amide bonds. The number of likely N-dealkylation sites (tertiary alicyclic amines) is 1. The molecule has 0 atom stereocenters. The van der Waals surface area contributed by atoms with Gasteiger partial charge in [0, 0.05) is 52.0 Å². The van der Waals surface area contributed by atoms with Crippen molar-refractivity contribution in [1.29, 1.82) is 0 Å². The van der Waals surface area contributed by atoms with Crippen LogP contribution in [0, 0.1) is 5.92 Å². The number of ether oxygens (including phenoxy) is 1. The zero-order chi connectivity index (χ0) is 23.8. The maximum Gasteiger partial charge on any atom is 0.410 e. The van der Waals surface area contributed by atoms with Gasteiger partial charge in [-0.25, -0.2) is 14.3 Å². The first-order chi connectivity index (χ1) is 15.6. The number of anilines is 2. The molecule has 1 fully saturated rings. The molecule has 1 aromatic carbocycles. The van der Waals surface area contributed by atoms with Crippen molar-refractivity contribution in [3.63, 3.8) is 0 Å². The Labute approximate surface area is 199 Å². The molecule has 1 saturated heterocycles. The highest BCUT2D eigenvalue weighted by molar-refractivity contribution is 7.20. The number of benzene rings is 1. The van der Waals surface area contributed by atoms with Crippen LogP contribution in [0.1, 0.15) is 33.6 Å². The number of fused-ring (bicyclic) bond motifs is 1. The van der Waals surface area contributed by atoms with Crippen molar-refractivity contribution in [3.8, 4) is 11.3 Å². The first-order valence-corrected chi connectivity index (χ1v) is 12.2. The number of nitrogens with zero attached hydrogens (tertiary/aromatic N) is 6. The second-order valence-corrected chi connectivity index (χ2v) is 10.9. The highest BCUT2D eigenvalue weighted by Gasteiger charge is 2.27. The Morgan fingerprint density at radius 2 is 1.94 bits per heavy atom. The van der Waals surface area contributed by atoms with Crippen LogP contribution in [0.15, 0.2) is 30.5 Å². The summed E-state index contributed by atoms with van der Waals surface area (Å²) in [6, 6.07) is 8.36. The van der Waals surface area contributed by atoms with Crippen LogP contribution in [0.2, 0.25) is 0 Å². The van der Waals surface area contributed by atoms with Crippen molar-refractivity contribution in [3.05, 3.63) is 30.5 Å². The monoisotopic (exact) mass is 470 g/mol. The minimum absolute atomic E-state index is 0.206. The van der Waals surface area contributed by atoms with Gasteiger partial charge in [0.2, 0.25) is 10.1 Å². The van der Waals surface area contributed by atoms with Gasteiger partial charge in [-0.1, -0.05) is 23.5 Å². The molecule has 4 rings (SSSR count). The Bertz CT molecular complexity index is 1080. The van der Waals surface area contributed by atoms with Crippen molar-refractivity contribution in [2.45, 2.75) is 39.2 Å². The highest BCUT2D eigenvalue weighted by atomic mass is 32.1. The molecule has 9 heteroatoms. The summed E-state index contributed by atoms with van der Waals surface area (Å²) in [6.45, 7) is 8.11. The molecule has 0 spiro atoms. The number of aromatic nitrogens is 3. The average molecular weight is 471 g/mol. The fourth-order valence-corrected chi connectivity index (χ4v) is 4.87. The van der Waals surface area contributed by atoms with Gasteiger partial charge in [0.25, 0.3) is 0 Å². The molecule has 3 heterocycles. The molecule has 0 unspecified atom stereocenters. The molecule has 8 nitrogen and oxygen atoms in total. The molecule has 0 bridgehead atoms. The van der Waals surface area contributed by atoms with Crippen molar-refractivity contribution in [1.82, 2.24) is 19.5 Å². The Balaban J connectivity index is 1.36. The zero-order valence-electron chi connectivity index (χ0n) is 20.4. The van der Waals surface area contributed by atoms with Crippen LogP contribution in [-0.2, 0) is 4.74 Å². The molecule has 3 aromatic rings. The molecule has 178 valence electrons. The fourth-order valence-electron chi connectivity index (χ4n) is 4.02. The van der Waals surface area contributed by atoms with E-state index in [1.165, 1.54) is 0 Å². The zero-order valence-corrected chi connectivity index (χ0v) is 21.2. The number of amides is 1. The molecule has 0 aliphatic carbocycles. The summed E-state index contributed by atoms with van der Waals surface area (Å²) in [5, 5.41) is 5.73. The van der Waals surface area contributed by atoms with Crippen molar-refractivity contribution in [2.75, 3.05) is 50.6 Å². The van der Waals surface area contributed by atoms with E-state index < -0.39 is 5.60 Å². The number of carbonyl (C=O) groups is 1. The summed E-state index contributed by atoms with van der Waals surface area (Å²) in [7, 11) is 6.16. The number of hydrogen-bond donors (Lipinski definition) is 0. The lowest BCUT2D eigenvalue weighted by Crippen LogP contribution is -2.43. The Morgan fingerprint density at radius 3 is 2.58 bits per heavy atom. The van der Waals surface area contributed by atoms with E-state index in [0.29, 0.717) is 5.92 Å². The third kappa shape index (κ3) is 5.58. The summed E-state index contributed by atoms with van der Waals surface area (Å²) in [4.78, 5) is 24.1. The lowest BCUT2D eigenvalue weighted by Gasteiger charge is -2.34. The first kappa shape index (κ1) is 23.4. The van der Waals surface area contributed by atoms with Crippen LogP contribution in [0.5, 0.6) is 0 Å². The highest BCUT2D eigenvalue weighted by Crippen LogP contribution is 2.29. The van der Waals surface area contributed by atoms with Crippen LogP contribution in [0.3, 0.4) is 0 Å². The lowest BCUT2D eigenvalue weighted by molar-refractivity contribution is 0.0186. The van der Waals surface area contributed by atoms with Gasteiger partial charge in [0.05, 0.1) is 11.9 Å². The SMILES string of the molecule is CN(C)c1cccc(-c2cn3nc(N(C)CC4CCN(C(=O)OC(C)(C)C)CC4)sc3n2)c1. The maximum absolute atomic E-state index is 12.3. The van der Waals surface area contributed by atoms with Crippen LogP contribution in [-0.4, -0.2) is 72.0 Å². The number of carbonyl (C=O) groups excluding carboxylic acids is 1. The van der Waals surface area contributed by atoms with Gasteiger partial charge in [0.15, 0.2) is 0 Å². The molecular formula is C24H34N6O2S. The van der Waals surface area contributed by atoms with Gasteiger partial charge in [-0.15, -0.1) is 5.10 Å². The molecular weight excluding hydrogens is 436 g/mol. The van der Waals surface area contributed by atoms with E-state index in [1.54, 1.807) is 11.3 Å². The predicted molar refractivity (Wildman–Crippen MR) is 134 cm³/mol. The van der Waals surface area contributed by atoms with E-state index in [1.807, 2.05) is 50.5 Å². The standard InChI is InChI=1S/C24H34N6O2S/c1-24(2,3)32-23(31)29-12-10-17(11-13-29)15-28(6)22-26-30-16-20(25-21(30)33-22)18-8-7-9-19(14-18)27(4)5/h7-9,14,16-17H,10-13,15H2,1-6H3. The number of piperidine rings is 1. The van der Waals surface area contributed by atoms with Gasteiger partial charge in [-0.05, 0) is 51.7 Å². The average Bonchev–Trinajstić information content (AvgIpc) is 3.32. The van der Waals surface area contributed by atoms with E-state index in [2.05, 4.69) is 41.1 Å². The largest absolute Gasteiger partial charge is 0.444 e. The van der Waals surface area contributed by atoms with E-state index >= 15 is 0 Å². The molecule has 0 radical (unpaired) electrons. The van der Waals surface area contributed by atoms with E-state index in [9.17, 15) is 4.79 Å². The topological polar surface area (TPSA) is 66.2 Å². The van der Waals surface area contributed by atoms with Gasteiger partial charge in [-0.3, -0.25) is 0 Å². The van der Waals surface area contributed by atoms with Crippen LogP contribution in [0.25, 0.3) is 16.2 Å². The maximum atomic E-state index is 12.3. The molecule has 0 N–H and O–H groups in total. The van der Waals surface area contributed by atoms with Gasteiger partial charge < -0.3 is 19.4 Å². The third-order valence-electron chi connectivity index (χ3n) is 5.82. The van der Waals surface area contributed by atoms with Gasteiger partial charge in [-0.2, -0.15) is 0 Å². The van der Waals surface area contributed by atoms with Crippen molar-refractivity contribution >= 4 is 33.2 Å². The summed E-state index contributed by atoms with van der Waals surface area (Å²) in [6.07, 6.45) is 3.73. The fraction of sp³-hybridized carbons (Fsp3) is 0.542. The lowest BCUT2D eigenvalue weighted by atomic mass is 9.97. The quantitative estimate of drug-likeness (QED) is 0.543. The van der Waals surface area contributed by atoms with Gasteiger partial charge in [0.1, 0.15) is 5.60 Å². The second kappa shape index (κ2) is 9.21. The minimum atomic E-state index is -0.453. The molecule has 1 aliphatic heterocycles. The van der Waals surface area contributed by atoms with Crippen LogP contribution in [0.4, 0.5) is 15.6 Å². The van der Waals surface area contributed by atoms with Crippen LogP contribution < -0.4 is 9.80 Å². The van der Waals surface area contributed by atoms with Crippen molar-refractivity contribution < 1.29 is 9.53 Å². The van der Waals surface area contributed by atoms with Crippen LogP contribution >= 0.6 is 11.3 Å². The Morgan fingerprint density at radius 1 is 1.21 bits per heavy atom. The molecule has 1 aliphatic rings. The van der Waals surface area contributed by atoms with Gasteiger partial charge >= 0.3 is 6.09 Å². The summed E-state index contributed by atoms with van der Waals surface area (Å²) in [5.74, 6) is 0.522. The van der Waals surface area contributed by atoms with Crippen molar-refractivity contribution in [2.24, 2.45) is 5.92 Å². The predicted octanol–water partition coefficient (Wildman–Crippen LogP) is 4.61. The molecule has 2 aromatic heterocycles. The first-order valence-electron chi connectivity index (χ1n) is 11.4. The third-order valence-corrected chi connectivity index (χ3v) is 6.85. The van der Waals surface area contributed by atoms with E-state index in [4.69, 9.17) is 14.8 Å². The van der Waals surface area contributed by atoms with E-state index in [-0.39, 0.29) is 6.09 Å². The normalized spacial score (nSPS) is 15.2. The summed E-state index contributed by atoms with van der Waals surface area (Å²) < 4.78 is 7.38. The summed E-state index contributed by atoms with van der Waals surface area (Å²) >= 11 is 1.60. The minimum Gasteiger partial charge on any atom is -0.444 e. The molecule has 0 saturated carbocycles. The summed E-state index contributed by atoms with van der Waals surface area (Å²) in [5.41, 5.74) is 2.72. The molecule has 33 heavy (non-hydrogen) atoms. The number of hydrogen-bond acceptors (Lipinski definition) is 7. The number of rotatable bonds is 5. The smallest absolute Gasteiger partial charge is 0.410 e. The Kier molecular flexibility index (Phi) is 6.52. The number of imidazole rings is 1.